The van der Waals surface area contributed by atoms with Gasteiger partial charge in [-0.2, -0.15) is 13.2 Å². The highest BCUT2D eigenvalue weighted by molar-refractivity contribution is 5.97. The first-order chi connectivity index (χ1) is 14.9. The van der Waals surface area contributed by atoms with Crippen molar-refractivity contribution in [2.75, 3.05) is 49.6 Å². The van der Waals surface area contributed by atoms with Crippen LogP contribution in [0.25, 0.3) is 0 Å². The van der Waals surface area contributed by atoms with Crippen molar-refractivity contribution in [2.45, 2.75) is 25.1 Å². The van der Waals surface area contributed by atoms with Gasteiger partial charge in [0.2, 0.25) is 5.91 Å². The molecule has 1 aliphatic rings. The van der Waals surface area contributed by atoms with Crippen LogP contribution in [0.3, 0.4) is 0 Å². The number of nitrogens with two attached hydrogens (primary N) is 1. The second-order valence-corrected chi connectivity index (χ2v) is 6.85. The second-order valence-electron chi connectivity index (χ2n) is 6.85. The van der Waals surface area contributed by atoms with Crippen molar-refractivity contribution in [3.63, 3.8) is 0 Å². The fraction of sp³-hybridized carbons (Fsp3) is 0.556. The first kappa shape index (κ1) is 25.8. The zero-order valence-corrected chi connectivity index (χ0v) is 16.5. The van der Waals surface area contributed by atoms with Crippen LogP contribution in [-0.4, -0.2) is 74.8 Å². The molecule has 1 aromatic carbocycles. The summed E-state index contributed by atoms with van der Waals surface area (Å²) in [6.45, 7) is -3.94. The quantitative estimate of drug-likeness (QED) is 0.537. The molecule has 1 aromatic rings. The Labute approximate surface area is 178 Å². The maximum atomic E-state index is 13.6. The number of anilines is 2. The molecule has 0 bridgehead atoms. The molecular weight excluding hydrogens is 453 g/mol. The molecule has 1 heterocycles. The Balaban J connectivity index is 2.28. The van der Waals surface area contributed by atoms with E-state index in [0.717, 1.165) is 12.1 Å². The molecule has 32 heavy (non-hydrogen) atoms. The van der Waals surface area contributed by atoms with Gasteiger partial charge in [-0.3, -0.25) is 14.5 Å². The van der Waals surface area contributed by atoms with E-state index < -0.39 is 67.8 Å². The van der Waals surface area contributed by atoms with Crippen LogP contribution in [0.4, 0.5) is 42.1 Å². The molecule has 0 radical (unpaired) electrons. The van der Waals surface area contributed by atoms with E-state index in [1.54, 1.807) is 0 Å². The minimum atomic E-state index is -4.90. The lowest BCUT2D eigenvalue weighted by Gasteiger charge is -2.30. The number of halogens is 7. The topological polar surface area (TPSA) is 87.9 Å². The average molecular weight is 474 g/mol. The Morgan fingerprint density at radius 3 is 2.47 bits per heavy atom. The van der Waals surface area contributed by atoms with E-state index in [9.17, 15) is 40.3 Å². The fourth-order valence-corrected chi connectivity index (χ4v) is 3.15. The molecular formula is C18H21F7N4O3. The van der Waals surface area contributed by atoms with Gasteiger partial charge in [0, 0.05) is 30.0 Å². The zero-order valence-electron chi connectivity index (χ0n) is 16.5. The van der Waals surface area contributed by atoms with E-state index in [1.165, 1.54) is 11.0 Å². The predicted octanol–water partition coefficient (Wildman–Crippen LogP) is 2.38. The molecule has 1 aliphatic heterocycles. The van der Waals surface area contributed by atoms with Gasteiger partial charge in [-0.1, -0.05) is 0 Å². The second kappa shape index (κ2) is 10.9. The number of nitrogens with one attached hydrogen (secondary N) is 1. The Morgan fingerprint density at radius 2 is 1.94 bits per heavy atom. The maximum Gasteiger partial charge on any atom is 0.401 e. The summed E-state index contributed by atoms with van der Waals surface area (Å²) in [5.74, 6) is -1.72. The summed E-state index contributed by atoms with van der Waals surface area (Å²) in [6, 6.07) is 1.41. The van der Waals surface area contributed by atoms with Crippen molar-refractivity contribution in [1.82, 2.24) is 4.90 Å². The number of hydrogen-bond donors (Lipinski definition) is 2. The molecule has 7 nitrogen and oxygen atoms in total. The van der Waals surface area contributed by atoms with E-state index >= 15 is 0 Å². The van der Waals surface area contributed by atoms with Crippen molar-refractivity contribution < 1.29 is 45.1 Å². The SMILES string of the molecule is NC[C@H](C(=O)Nc1ccc(N2CCOCC2=O)cc1C(F)F)N(CC(F)F)CC(F)(F)F. The third kappa shape index (κ3) is 7.03. The van der Waals surface area contributed by atoms with Gasteiger partial charge in [0.05, 0.1) is 19.7 Å². The highest BCUT2D eigenvalue weighted by atomic mass is 19.4. The number of ether oxygens (including phenoxy) is 1. The molecule has 0 aliphatic carbocycles. The van der Waals surface area contributed by atoms with Gasteiger partial charge >= 0.3 is 6.18 Å². The average Bonchev–Trinajstić information content (AvgIpc) is 2.67. The van der Waals surface area contributed by atoms with Gasteiger partial charge in [0.25, 0.3) is 18.8 Å². The number of amides is 2. The standard InChI is InChI=1S/C18H21F7N4O3/c19-14(20)7-28(9-18(23,24)25)13(6-26)17(31)27-12-2-1-10(5-11(12)16(21)22)29-3-4-32-8-15(29)30/h1-2,5,13-14,16H,3-4,6-9,26H2,(H,27,31)/t13-/m1/s1. The maximum absolute atomic E-state index is 13.6. The molecule has 0 unspecified atom stereocenters. The molecule has 1 saturated heterocycles. The van der Waals surface area contributed by atoms with Crippen LogP contribution in [0.1, 0.15) is 12.0 Å². The molecule has 1 fully saturated rings. The smallest absolute Gasteiger partial charge is 0.370 e. The van der Waals surface area contributed by atoms with Gasteiger partial charge < -0.3 is 20.7 Å². The van der Waals surface area contributed by atoms with E-state index in [0.29, 0.717) is 0 Å². The van der Waals surface area contributed by atoms with E-state index in [2.05, 4.69) is 0 Å². The predicted molar refractivity (Wildman–Crippen MR) is 99.7 cm³/mol. The molecule has 0 spiro atoms. The summed E-state index contributed by atoms with van der Waals surface area (Å²) in [5.41, 5.74) is 4.29. The molecule has 3 N–H and O–H groups in total. The molecule has 0 aromatic heterocycles. The summed E-state index contributed by atoms with van der Waals surface area (Å²) in [6.07, 6.45) is -11.2. The number of rotatable bonds is 9. The molecule has 14 heteroatoms. The fourth-order valence-electron chi connectivity index (χ4n) is 3.15. The minimum absolute atomic E-state index is 0.110. The summed E-state index contributed by atoms with van der Waals surface area (Å²) in [4.78, 5) is 25.8. The lowest BCUT2D eigenvalue weighted by molar-refractivity contribution is -0.157. The normalized spacial score (nSPS) is 16.2. The lowest BCUT2D eigenvalue weighted by Crippen LogP contribution is -2.53. The molecule has 0 saturated carbocycles. The van der Waals surface area contributed by atoms with Gasteiger partial charge in [0.1, 0.15) is 12.6 Å². The Kier molecular flexibility index (Phi) is 8.81. The summed E-state index contributed by atoms with van der Waals surface area (Å²) < 4.78 is 96.0. The largest absolute Gasteiger partial charge is 0.401 e. The molecule has 1 atom stereocenters. The van der Waals surface area contributed by atoms with E-state index in [4.69, 9.17) is 10.5 Å². The van der Waals surface area contributed by atoms with Crippen molar-refractivity contribution >= 4 is 23.2 Å². The van der Waals surface area contributed by atoms with Crippen molar-refractivity contribution in [2.24, 2.45) is 5.73 Å². The van der Waals surface area contributed by atoms with Crippen molar-refractivity contribution in [1.29, 1.82) is 0 Å². The molecule has 2 amide bonds. The van der Waals surface area contributed by atoms with Crippen LogP contribution in [-0.2, 0) is 14.3 Å². The number of hydrogen-bond acceptors (Lipinski definition) is 5. The van der Waals surface area contributed by atoms with Gasteiger partial charge in [-0.25, -0.2) is 17.6 Å². The van der Waals surface area contributed by atoms with Crippen LogP contribution in [0, 0.1) is 0 Å². The van der Waals surface area contributed by atoms with Crippen LogP contribution in [0.15, 0.2) is 18.2 Å². The highest BCUT2D eigenvalue weighted by Crippen LogP contribution is 2.32. The lowest BCUT2D eigenvalue weighted by atomic mass is 10.1. The number of carbonyl (C=O) groups excluding carboxylic acids is 2. The number of carbonyl (C=O) groups is 2. The number of morpholine rings is 1. The molecule has 180 valence electrons. The zero-order chi connectivity index (χ0) is 24.1. The highest BCUT2D eigenvalue weighted by Gasteiger charge is 2.37. The van der Waals surface area contributed by atoms with Crippen LogP contribution < -0.4 is 16.0 Å². The first-order valence-electron chi connectivity index (χ1n) is 9.33. The Hall–Kier alpha value is -2.45. The summed E-state index contributed by atoms with van der Waals surface area (Å²) >= 11 is 0. The first-order valence-corrected chi connectivity index (χ1v) is 9.33. The van der Waals surface area contributed by atoms with Crippen molar-refractivity contribution in [3.05, 3.63) is 23.8 Å². The summed E-state index contributed by atoms with van der Waals surface area (Å²) in [7, 11) is 0. The van der Waals surface area contributed by atoms with Crippen LogP contribution >= 0.6 is 0 Å². The monoisotopic (exact) mass is 474 g/mol. The van der Waals surface area contributed by atoms with Gasteiger partial charge in [0.15, 0.2) is 0 Å². The van der Waals surface area contributed by atoms with Crippen LogP contribution in [0.2, 0.25) is 0 Å². The van der Waals surface area contributed by atoms with Crippen molar-refractivity contribution in [3.8, 4) is 0 Å². The third-order valence-electron chi connectivity index (χ3n) is 4.55. The Bertz CT molecular complexity index is 807. The van der Waals surface area contributed by atoms with Crippen LogP contribution in [0.5, 0.6) is 0 Å². The number of alkyl halides is 7. The van der Waals surface area contributed by atoms with Gasteiger partial charge in [-0.05, 0) is 18.2 Å². The van der Waals surface area contributed by atoms with Gasteiger partial charge in [-0.15, -0.1) is 0 Å². The van der Waals surface area contributed by atoms with E-state index in [1.807, 2.05) is 5.32 Å². The number of nitrogens with zero attached hydrogens (tertiary/aromatic N) is 2. The Morgan fingerprint density at radius 1 is 1.25 bits per heavy atom. The number of benzene rings is 1. The minimum Gasteiger partial charge on any atom is -0.370 e. The van der Waals surface area contributed by atoms with E-state index in [-0.39, 0.29) is 30.3 Å². The third-order valence-corrected chi connectivity index (χ3v) is 4.55. The molecule has 2 rings (SSSR count). The summed E-state index contributed by atoms with van der Waals surface area (Å²) in [5, 5.41) is 2.04.